The topological polar surface area (TPSA) is 117 Å². The molecule has 1 fully saturated rings. The molecule has 2 unspecified atom stereocenters. The number of hydrogen-bond donors (Lipinski definition) is 3. The fourth-order valence-electron chi connectivity index (χ4n) is 6.04. The van der Waals surface area contributed by atoms with Gasteiger partial charge in [-0.3, -0.25) is 9.78 Å². The Morgan fingerprint density at radius 2 is 2.00 bits per heavy atom. The summed E-state index contributed by atoms with van der Waals surface area (Å²) in [6, 6.07) is 12.7. The highest BCUT2D eigenvalue weighted by Gasteiger charge is 2.52. The molecule has 9 nitrogen and oxygen atoms in total. The van der Waals surface area contributed by atoms with Crippen molar-refractivity contribution in [2.75, 3.05) is 45.3 Å². The number of fused-ring (bicyclic) bond motifs is 2. The van der Waals surface area contributed by atoms with Crippen molar-refractivity contribution < 1.29 is 23.8 Å². The Morgan fingerprint density at radius 1 is 1.16 bits per heavy atom. The number of methoxy groups -OCH3 is 1. The molecule has 0 spiro atoms. The Bertz CT molecular complexity index is 1410. The number of aryl methyl sites for hydroxylation is 2. The molecule has 43 heavy (non-hydrogen) atoms. The summed E-state index contributed by atoms with van der Waals surface area (Å²) in [6.45, 7) is 1.73. The van der Waals surface area contributed by atoms with Crippen LogP contribution >= 0.6 is 0 Å². The monoisotopic (exact) mass is 591 g/mol. The smallest absolute Gasteiger partial charge is 0.326 e. The first-order valence-corrected chi connectivity index (χ1v) is 15.4. The number of carbonyl (C=O) groups excluding carboxylic acids is 1. The molecule has 0 radical (unpaired) electrons. The van der Waals surface area contributed by atoms with E-state index in [1.54, 1.807) is 6.20 Å². The molecular weight excluding hydrogens is 549 g/mol. The number of carboxylic acid groups (broad SMARTS) is 1. The first kappa shape index (κ1) is 30.8. The van der Waals surface area contributed by atoms with E-state index >= 15 is 0 Å². The van der Waals surface area contributed by atoms with E-state index in [0.29, 0.717) is 32.5 Å². The molecule has 1 saturated carbocycles. The van der Waals surface area contributed by atoms with Crippen molar-refractivity contribution in [3.8, 4) is 0 Å². The van der Waals surface area contributed by atoms with Gasteiger partial charge in [-0.1, -0.05) is 24.3 Å². The van der Waals surface area contributed by atoms with Crippen molar-refractivity contribution in [1.82, 2.24) is 20.2 Å². The van der Waals surface area contributed by atoms with Crippen LogP contribution in [0.1, 0.15) is 55.3 Å². The fourth-order valence-corrected chi connectivity index (χ4v) is 6.04. The van der Waals surface area contributed by atoms with Crippen molar-refractivity contribution in [2.45, 2.75) is 68.9 Å². The standard InChI is InChI=1S/C33H42FN5O4/c1-43-25(21-34)22-39(19-5-4-8-24-12-11-23-7-6-17-36-30(23)37-24)20-14-29(31(40)41)38-32(42)33(15-16-33)27-13-18-35-28-10-3-2-9-26(27)28/h2-3,9-13,18,25,29H,4-8,14-17,19-22H2,1H3,(H,36,37)(H,38,42)(H,40,41). The number of aliphatic carboxylic acids is 1. The molecule has 0 saturated heterocycles. The summed E-state index contributed by atoms with van der Waals surface area (Å²) in [6.07, 6.45) is 7.38. The number of rotatable bonds is 16. The van der Waals surface area contributed by atoms with Gasteiger partial charge < -0.3 is 25.4 Å². The number of halogens is 1. The maximum Gasteiger partial charge on any atom is 0.326 e. The van der Waals surface area contributed by atoms with Gasteiger partial charge in [0.1, 0.15) is 18.5 Å². The van der Waals surface area contributed by atoms with Gasteiger partial charge in [-0.15, -0.1) is 0 Å². The summed E-state index contributed by atoms with van der Waals surface area (Å²) in [5.41, 5.74) is 3.26. The maximum absolute atomic E-state index is 13.6. The average molecular weight is 592 g/mol. The van der Waals surface area contributed by atoms with Crippen LogP contribution in [0.25, 0.3) is 10.9 Å². The molecule has 3 aromatic rings. The first-order chi connectivity index (χ1) is 20.9. The molecule has 2 atom stereocenters. The third kappa shape index (κ3) is 7.48. The fraction of sp³-hybridized carbons (Fsp3) is 0.515. The Kier molecular flexibility index (Phi) is 10.2. The van der Waals surface area contributed by atoms with Crippen molar-refractivity contribution in [2.24, 2.45) is 0 Å². The number of alkyl halides is 1. The second kappa shape index (κ2) is 14.2. The van der Waals surface area contributed by atoms with Crippen molar-refractivity contribution in [3.63, 3.8) is 0 Å². The number of hydrogen-bond acceptors (Lipinski definition) is 7. The largest absolute Gasteiger partial charge is 0.480 e. The Morgan fingerprint density at radius 3 is 2.77 bits per heavy atom. The maximum atomic E-state index is 13.6. The lowest BCUT2D eigenvalue weighted by Gasteiger charge is -2.27. The van der Waals surface area contributed by atoms with Crippen molar-refractivity contribution in [3.05, 3.63) is 65.5 Å². The number of benzene rings is 1. The first-order valence-electron chi connectivity index (χ1n) is 15.4. The van der Waals surface area contributed by atoms with Gasteiger partial charge in [0, 0.05) is 44.0 Å². The number of aromatic nitrogens is 2. The molecule has 1 aromatic carbocycles. The van der Waals surface area contributed by atoms with E-state index in [4.69, 9.17) is 9.72 Å². The number of para-hydroxylation sites is 1. The summed E-state index contributed by atoms with van der Waals surface area (Å²) in [5.74, 6) is -0.360. The van der Waals surface area contributed by atoms with Gasteiger partial charge in [0.25, 0.3) is 0 Å². The molecule has 5 rings (SSSR count). The van der Waals surface area contributed by atoms with Gasteiger partial charge in [0.15, 0.2) is 0 Å². The molecule has 1 amide bonds. The number of nitrogens with zero attached hydrogens (tertiary/aromatic N) is 3. The summed E-state index contributed by atoms with van der Waals surface area (Å²) in [7, 11) is 1.48. The molecule has 1 aliphatic carbocycles. The number of pyridine rings is 2. The second-order valence-electron chi connectivity index (χ2n) is 11.7. The number of carbonyl (C=O) groups is 2. The molecule has 2 aromatic heterocycles. The van der Waals surface area contributed by atoms with Gasteiger partial charge >= 0.3 is 5.97 Å². The van der Waals surface area contributed by atoms with Crippen LogP contribution in [0.2, 0.25) is 0 Å². The Hall–Kier alpha value is -3.63. The SMILES string of the molecule is COC(CF)CN(CCCCc1ccc2c(n1)NCCC2)CCC(NC(=O)C1(c2ccnc3ccccc23)CC1)C(=O)O. The summed E-state index contributed by atoms with van der Waals surface area (Å²) < 4.78 is 18.8. The molecule has 0 bridgehead atoms. The van der Waals surface area contributed by atoms with E-state index in [2.05, 4.69) is 27.8 Å². The highest BCUT2D eigenvalue weighted by atomic mass is 19.1. The number of unbranched alkanes of at least 4 members (excludes halogenated alkanes) is 1. The Balaban J connectivity index is 1.18. The van der Waals surface area contributed by atoms with E-state index < -0.39 is 30.2 Å². The van der Waals surface area contributed by atoms with Gasteiger partial charge in [-0.2, -0.15) is 0 Å². The highest BCUT2D eigenvalue weighted by Crippen LogP contribution is 2.50. The lowest BCUT2D eigenvalue weighted by atomic mass is 9.91. The van der Waals surface area contributed by atoms with Crippen LogP contribution in [-0.2, 0) is 32.6 Å². The third-order valence-electron chi connectivity index (χ3n) is 8.76. The van der Waals surface area contributed by atoms with Crippen LogP contribution in [-0.4, -0.2) is 84.0 Å². The van der Waals surface area contributed by atoms with Crippen LogP contribution in [0.15, 0.2) is 48.7 Å². The number of amides is 1. The molecule has 3 N–H and O–H groups in total. The summed E-state index contributed by atoms with van der Waals surface area (Å²) in [5, 5.41) is 17.1. The van der Waals surface area contributed by atoms with E-state index in [1.165, 1.54) is 12.7 Å². The quantitative estimate of drug-likeness (QED) is 0.211. The molecule has 10 heteroatoms. The molecule has 3 heterocycles. The van der Waals surface area contributed by atoms with E-state index in [9.17, 15) is 19.1 Å². The number of carboxylic acids is 1. The zero-order chi connectivity index (χ0) is 30.2. The van der Waals surface area contributed by atoms with Crippen LogP contribution in [0.5, 0.6) is 0 Å². The zero-order valence-corrected chi connectivity index (χ0v) is 24.9. The predicted molar refractivity (Wildman–Crippen MR) is 164 cm³/mol. The van der Waals surface area contributed by atoms with Crippen LogP contribution in [0.3, 0.4) is 0 Å². The number of ether oxygens (including phenoxy) is 1. The molecule has 1 aliphatic heterocycles. The van der Waals surface area contributed by atoms with Crippen LogP contribution in [0.4, 0.5) is 10.2 Å². The highest BCUT2D eigenvalue weighted by molar-refractivity contribution is 5.98. The number of nitrogens with one attached hydrogen (secondary N) is 2. The lowest BCUT2D eigenvalue weighted by molar-refractivity contribution is -0.142. The summed E-state index contributed by atoms with van der Waals surface area (Å²) in [4.78, 5) is 37.0. The van der Waals surface area contributed by atoms with Crippen LogP contribution in [0, 0.1) is 0 Å². The van der Waals surface area contributed by atoms with Gasteiger partial charge in [0.2, 0.25) is 5.91 Å². The average Bonchev–Trinajstić information content (AvgIpc) is 3.85. The van der Waals surface area contributed by atoms with Crippen LogP contribution < -0.4 is 10.6 Å². The zero-order valence-electron chi connectivity index (χ0n) is 24.9. The van der Waals surface area contributed by atoms with E-state index in [-0.39, 0.29) is 12.3 Å². The second-order valence-corrected chi connectivity index (χ2v) is 11.7. The van der Waals surface area contributed by atoms with Crippen molar-refractivity contribution >= 4 is 28.6 Å². The van der Waals surface area contributed by atoms with Gasteiger partial charge in [0.05, 0.1) is 17.0 Å². The minimum absolute atomic E-state index is 0.203. The van der Waals surface area contributed by atoms with E-state index in [1.807, 2.05) is 35.2 Å². The normalized spacial score (nSPS) is 16.7. The molecule has 230 valence electrons. The minimum atomic E-state index is -1.08. The number of anilines is 1. The minimum Gasteiger partial charge on any atom is -0.480 e. The third-order valence-corrected chi connectivity index (χ3v) is 8.76. The van der Waals surface area contributed by atoms with E-state index in [0.717, 1.165) is 66.6 Å². The molecular formula is C33H42FN5O4. The summed E-state index contributed by atoms with van der Waals surface area (Å²) >= 11 is 0. The Labute approximate surface area is 252 Å². The molecule has 2 aliphatic rings. The predicted octanol–water partition coefficient (Wildman–Crippen LogP) is 4.29. The van der Waals surface area contributed by atoms with Crippen molar-refractivity contribution in [1.29, 1.82) is 0 Å². The lowest BCUT2D eigenvalue weighted by Crippen LogP contribution is -2.47. The van der Waals surface area contributed by atoms with Gasteiger partial charge in [-0.05, 0) is 87.2 Å². The van der Waals surface area contributed by atoms with Gasteiger partial charge in [-0.25, -0.2) is 14.2 Å².